The third-order valence-electron chi connectivity index (χ3n) is 1.78. The predicted molar refractivity (Wildman–Crippen MR) is 60.2 cm³/mol. The number of likely N-dealkylation sites (N-methyl/N-ethyl adjacent to an activating group) is 1. The second-order valence-corrected chi connectivity index (χ2v) is 2.84. The molecule has 0 unspecified atom stereocenters. The quantitative estimate of drug-likeness (QED) is 0.752. The van der Waals surface area contributed by atoms with E-state index in [0.717, 1.165) is 13.0 Å². The highest BCUT2D eigenvalue weighted by molar-refractivity contribution is 5.21. The number of aryl methyl sites for hydroxylation is 1. The summed E-state index contributed by atoms with van der Waals surface area (Å²) in [5, 5.41) is 3.13. The van der Waals surface area contributed by atoms with Gasteiger partial charge in [-0.1, -0.05) is 43.7 Å². The fourth-order valence-electron chi connectivity index (χ4n) is 1.02. The largest absolute Gasteiger partial charge is 0.319 e. The molecule has 0 bridgehead atoms. The number of hydrogen-bond donors (Lipinski definition) is 1. The Hall–Kier alpha value is -0.820. The third kappa shape index (κ3) is 5.42. The molecule has 0 saturated heterocycles. The van der Waals surface area contributed by atoms with Crippen LogP contribution >= 0.6 is 0 Å². The van der Waals surface area contributed by atoms with Crippen LogP contribution in [-0.4, -0.2) is 13.6 Å². The zero-order valence-corrected chi connectivity index (χ0v) is 9.22. The topological polar surface area (TPSA) is 12.0 Å². The molecule has 0 fully saturated rings. The summed E-state index contributed by atoms with van der Waals surface area (Å²) < 4.78 is 0. The Kier molecular flexibility index (Phi) is 7.32. The highest BCUT2D eigenvalue weighted by Crippen LogP contribution is 2.02. The molecular weight excluding hydrogens is 158 g/mol. The van der Waals surface area contributed by atoms with Gasteiger partial charge in [0.05, 0.1) is 0 Å². The van der Waals surface area contributed by atoms with E-state index in [1.54, 1.807) is 0 Å². The first-order valence-electron chi connectivity index (χ1n) is 5.03. The molecule has 0 atom stereocenters. The lowest BCUT2D eigenvalue weighted by atomic mass is 10.1. The summed E-state index contributed by atoms with van der Waals surface area (Å²) in [4.78, 5) is 0. The van der Waals surface area contributed by atoms with Crippen LogP contribution in [0.3, 0.4) is 0 Å². The van der Waals surface area contributed by atoms with Gasteiger partial charge in [-0.2, -0.15) is 0 Å². The maximum atomic E-state index is 3.13. The van der Waals surface area contributed by atoms with Gasteiger partial charge in [0.1, 0.15) is 0 Å². The van der Waals surface area contributed by atoms with E-state index < -0.39 is 0 Å². The van der Waals surface area contributed by atoms with Crippen molar-refractivity contribution >= 4 is 0 Å². The maximum absolute atomic E-state index is 3.13. The molecule has 74 valence electrons. The van der Waals surface area contributed by atoms with E-state index in [-0.39, 0.29) is 0 Å². The summed E-state index contributed by atoms with van der Waals surface area (Å²) in [5.41, 5.74) is 2.74. The summed E-state index contributed by atoms with van der Waals surface area (Å²) in [7, 11) is 1.98. The Morgan fingerprint density at radius 3 is 2.08 bits per heavy atom. The van der Waals surface area contributed by atoms with Crippen molar-refractivity contribution in [2.45, 2.75) is 27.2 Å². The highest BCUT2D eigenvalue weighted by atomic mass is 14.8. The van der Waals surface area contributed by atoms with Gasteiger partial charge in [0.25, 0.3) is 0 Å². The van der Waals surface area contributed by atoms with Crippen LogP contribution in [0.1, 0.15) is 25.0 Å². The van der Waals surface area contributed by atoms with Crippen molar-refractivity contribution in [3.63, 3.8) is 0 Å². The third-order valence-corrected chi connectivity index (χ3v) is 1.78. The summed E-state index contributed by atoms with van der Waals surface area (Å²) >= 11 is 0. The van der Waals surface area contributed by atoms with Crippen molar-refractivity contribution in [3.8, 4) is 0 Å². The van der Waals surface area contributed by atoms with Crippen LogP contribution in [0.15, 0.2) is 24.3 Å². The average molecular weight is 179 g/mol. The lowest BCUT2D eigenvalue weighted by Crippen LogP contribution is -2.10. The maximum Gasteiger partial charge on any atom is -0.00114 e. The first kappa shape index (κ1) is 12.2. The minimum Gasteiger partial charge on any atom is -0.319 e. The number of rotatable bonds is 3. The van der Waals surface area contributed by atoms with Gasteiger partial charge in [0.15, 0.2) is 0 Å². The van der Waals surface area contributed by atoms with Gasteiger partial charge in [-0.15, -0.1) is 0 Å². The normalized spacial score (nSPS) is 8.92. The fourth-order valence-corrected chi connectivity index (χ4v) is 1.02. The minimum atomic E-state index is 1.06. The van der Waals surface area contributed by atoms with E-state index in [9.17, 15) is 0 Å². The molecule has 0 aromatic heterocycles. The van der Waals surface area contributed by atoms with Crippen LogP contribution in [0.4, 0.5) is 0 Å². The van der Waals surface area contributed by atoms with Crippen LogP contribution in [0, 0.1) is 6.92 Å². The minimum absolute atomic E-state index is 1.06. The molecule has 0 radical (unpaired) electrons. The zero-order valence-electron chi connectivity index (χ0n) is 9.22. The van der Waals surface area contributed by atoms with Gasteiger partial charge in [-0.3, -0.25) is 0 Å². The Balaban J connectivity index is 0.000000671. The molecule has 1 heteroatoms. The van der Waals surface area contributed by atoms with Crippen molar-refractivity contribution < 1.29 is 0 Å². The fraction of sp³-hybridized carbons (Fsp3) is 0.500. The molecule has 0 spiro atoms. The molecule has 1 aromatic rings. The van der Waals surface area contributed by atoms with Crippen molar-refractivity contribution in [3.05, 3.63) is 35.4 Å². The molecule has 0 aliphatic carbocycles. The molecule has 0 aliphatic heterocycles. The average Bonchev–Trinajstić information content (AvgIpc) is 2.20. The van der Waals surface area contributed by atoms with Gasteiger partial charge >= 0.3 is 0 Å². The van der Waals surface area contributed by atoms with Crippen molar-refractivity contribution in [1.29, 1.82) is 0 Å². The highest BCUT2D eigenvalue weighted by Gasteiger charge is 1.89. The van der Waals surface area contributed by atoms with E-state index in [1.807, 2.05) is 20.9 Å². The molecule has 13 heavy (non-hydrogen) atoms. The first-order valence-corrected chi connectivity index (χ1v) is 5.03. The van der Waals surface area contributed by atoms with Gasteiger partial charge in [-0.05, 0) is 32.5 Å². The van der Waals surface area contributed by atoms with Crippen molar-refractivity contribution in [2.75, 3.05) is 13.6 Å². The molecule has 1 nitrogen and oxygen atoms in total. The molecule has 0 heterocycles. The van der Waals surface area contributed by atoms with Crippen molar-refractivity contribution in [2.24, 2.45) is 0 Å². The molecule has 1 rings (SSSR count). The van der Waals surface area contributed by atoms with Crippen LogP contribution < -0.4 is 5.32 Å². The SMILES string of the molecule is CC.CNCCc1ccc(C)cc1. The summed E-state index contributed by atoms with van der Waals surface area (Å²) in [6.45, 7) is 7.17. The van der Waals surface area contributed by atoms with Gasteiger partial charge in [0, 0.05) is 0 Å². The smallest absolute Gasteiger partial charge is 0.00114 e. The van der Waals surface area contributed by atoms with E-state index in [1.165, 1.54) is 11.1 Å². The van der Waals surface area contributed by atoms with Crippen LogP contribution in [0.5, 0.6) is 0 Å². The van der Waals surface area contributed by atoms with E-state index in [4.69, 9.17) is 0 Å². The zero-order chi connectivity index (χ0) is 10.1. The number of nitrogens with one attached hydrogen (secondary N) is 1. The van der Waals surface area contributed by atoms with Crippen LogP contribution in [0.25, 0.3) is 0 Å². The lowest BCUT2D eigenvalue weighted by molar-refractivity contribution is 0.791. The molecular formula is C12H21N. The Bertz CT molecular complexity index is 201. The molecule has 0 aliphatic rings. The van der Waals surface area contributed by atoms with Gasteiger partial charge in [0.2, 0.25) is 0 Å². The standard InChI is InChI=1S/C10H15N.C2H6/c1-9-3-5-10(6-4-9)7-8-11-2;1-2/h3-6,11H,7-8H2,1-2H3;1-2H3. The van der Waals surface area contributed by atoms with Crippen LogP contribution in [-0.2, 0) is 6.42 Å². The number of hydrogen-bond acceptors (Lipinski definition) is 1. The Morgan fingerprint density at radius 2 is 1.62 bits per heavy atom. The Morgan fingerprint density at radius 1 is 1.08 bits per heavy atom. The second kappa shape index (κ2) is 7.81. The van der Waals surface area contributed by atoms with Gasteiger partial charge < -0.3 is 5.32 Å². The summed E-state index contributed by atoms with van der Waals surface area (Å²) in [6.07, 6.45) is 1.12. The Labute approximate surface area is 82.2 Å². The van der Waals surface area contributed by atoms with Crippen LogP contribution in [0.2, 0.25) is 0 Å². The summed E-state index contributed by atoms with van der Waals surface area (Å²) in [6, 6.07) is 8.69. The van der Waals surface area contributed by atoms with Gasteiger partial charge in [-0.25, -0.2) is 0 Å². The molecule has 0 amide bonds. The molecule has 1 N–H and O–H groups in total. The van der Waals surface area contributed by atoms with Crippen molar-refractivity contribution in [1.82, 2.24) is 5.32 Å². The first-order chi connectivity index (χ1) is 6.33. The predicted octanol–water partition coefficient (Wildman–Crippen LogP) is 2.78. The van der Waals surface area contributed by atoms with E-state index in [0.29, 0.717) is 0 Å². The molecule has 0 saturated carbocycles. The summed E-state index contributed by atoms with van der Waals surface area (Å²) in [5.74, 6) is 0. The van der Waals surface area contributed by atoms with E-state index in [2.05, 4.69) is 36.5 Å². The second-order valence-electron chi connectivity index (χ2n) is 2.84. The number of benzene rings is 1. The van der Waals surface area contributed by atoms with E-state index >= 15 is 0 Å². The monoisotopic (exact) mass is 179 g/mol. The molecule has 1 aromatic carbocycles. The lowest BCUT2D eigenvalue weighted by Gasteiger charge is -2.00.